The molecule has 0 radical (unpaired) electrons. The van der Waals surface area contributed by atoms with Gasteiger partial charge in [0.2, 0.25) is 0 Å². The van der Waals surface area contributed by atoms with E-state index in [1.807, 2.05) is 31.2 Å². The Labute approximate surface area is 189 Å². The van der Waals surface area contributed by atoms with E-state index < -0.39 is 11.4 Å². The van der Waals surface area contributed by atoms with Crippen molar-refractivity contribution in [1.29, 1.82) is 0 Å². The third-order valence-electron chi connectivity index (χ3n) is 4.47. The maximum atomic E-state index is 13.1. The van der Waals surface area contributed by atoms with E-state index in [1.165, 1.54) is 30.0 Å². The molecule has 7 heteroatoms. The lowest BCUT2D eigenvalue weighted by Crippen LogP contribution is -2.07. The number of aryl methyl sites for hydroxylation is 1. The van der Waals surface area contributed by atoms with Crippen molar-refractivity contribution < 1.29 is 19.0 Å². The summed E-state index contributed by atoms with van der Waals surface area (Å²) in [6.45, 7) is 2.35. The molecule has 4 nitrogen and oxygen atoms in total. The highest BCUT2D eigenvalue weighted by Gasteiger charge is 2.20. The number of aliphatic carboxylic acids is 1. The van der Waals surface area contributed by atoms with Crippen LogP contribution in [0.4, 0.5) is 4.39 Å². The zero-order chi connectivity index (χ0) is 22.2. The normalized spacial score (nSPS) is 12.2. The second-order valence-electron chi connectivity index (χ2n) is 6.73. The molecule has 3 aromatic rings. The van der Waals surface area contributed by atoms with Crippen molar-refractivity contribution in [3.63, 3.8) is 0 Å². The zero-order valence-corrected chi connectivity index (χ0v) is 18.4. The highest BCUT2D eigenvalue weighted by molar-refractivity contribution is 7.99. The molecule has 0 spiro atoms. The molecular formula is C24H21ClFNO3S. The lowest BCUT2D eigenvalue weighted by molar-refractivity contribution is -0.131. The maximum absolute atomic E-state index is 13.1. The number of carboxylic acid groups (broad SMARTS) is 1. The van der Waals surface area contributed by atoms with E-state index in [1.54, 1.807) is 24.4 Å². The molecule has 0 saturated carbocycles. The Morgan fingerprint density at radius 3 is 2.71 bits per heavy atom. The fourth-order valence-electron chi connectivity index (χ4n) is 2.91. The van der Waals surface area contributed by atoms with Crippen molar-refractivity contribution in [2.45, 2.75) is 23.7 Å². The summed E-state index contributed by atoms with van der Waals surface area (Å²) in [4.78, 5) is 16.2. The molecular weight excluding hydrogens is 437 g/mol. The summed E-state index contributed by atoms with van der Waals surface area (Å²) in [5.41, 5.74) is 2.74. The van der Waals surface area contributed by atoms with E-state index in [0.717, 1.165) is 27.7 Å². The number of nitrogens with zero attached hydrogens (tertiary/aromatic N) is 1. The number of carboxylic acids is 1. The Hall–Kier alpha value is -2.67. The molecule has 1 heterocycles. The van der Waals surface area contributed by atoms with Crippen molar-refractivity contribution >= 4 is 35.4 Å². The summed E-state index contributed by atoms with van der Waals surface area (Å²) < 4.78 is 19.4. The van der Waals surface area contributed by atoms with E-state index in [2.05, 4.69) is 4.98 Å². The minimum Gasteiger partial charge on any atom is -0.478 e. The Balaban J connectivity index is 1.87. The Kier molecular flexibility index (Phi) is 8.23. The summed E-state index contributed by atoms with van der Waals surface area (Å²) in [6.07, 6.45) is 4.70. The van der Waals surface area contributed by atoms with Gasteiger partial charge in [0.15, 0.2) is 0 Å². The average Bonchev–Trinajstić information content (AvgIpc) is 2.75. The predicted molar refractivity (Wildman–Crippen MR) is 122 cm³/mol. The molecule has 0 bridgehead atoms. The van der Waals surface area contributed by atoms with Gasteiger partial charge in [-0.3, -0.25) is 4.98 Å². The van der Waals surface area contributed by atoms with E-state index in [9.17, 15) is 9.18 Å². The number of thioether (sulfide) groups is 1. The summed E-state index contributed by atoms with van der Waals surface area (Å²) in [7, 11) is 0. The molecule has 160 valence electrons. The average molecular weight is 458 g/mol. The van der Waals surface area contributed by atoms with Crippen LogP contribution in [0.3, 0.4) is 0 Å². The van der Waals surface area contributed by atoms with Crippen LogP contribution in [-0.4, -0.2) is 22.7 Å². The van der Waals surface area contributed by atoms with Crippen LogP contribution in [0.15, 0.2) is 71.8 Å². The van der Waals surface area contributed by atoms with Crippen molar-refractivity contribution in [1.82, 2.24) is 4.98 Å². The SMILES string of the molecule is Cc1cccc(Cl)c1SC(OCCc1ccc(F)cc1)c1cccnc1C=CC(=O)O. The van der Waals surface area contributed by atoms with Gasteiger partial charge in [0.25, 0.3) is 0 Å². The van der Waals surface area contributed by atoms with Gasteiger partial charge in [-0.25, -0.2) is 9.18 Å². The van der Waals surface area contributed by atoms with Gasteiger partial charge >= 0.3 is 5.97 Å². The minimum atomic E-state index is -1.06. The lowest BCUT2D eigenvalue weighted by atomic mass is 10.1. The van der Waals surface area contributed by atoms with Gasteiger partial charge in [-0.2, -0.15) is 0 Å². The molecule has 2 aromatic carbocycles. The molecule has 0 fully saturated rings. The fourth-order valence-corrected chi connectivity index (χ4v) is 4.41. The molecule has 0 amide bonds. The number of pyridine rings is 1. The van der Waals surface area contributed by atoms with Crippen molar-refractivity contribution in [3.05, 3.63) is 100 Å². The summed E-state index contributed by atoms with van der Waals surface area (Å²) in [5.74, 6) is -1.34. The standard InChI is InChI=1S/C24H21ClFNO3S/c1-16-4-2-6-20(25)23(16)31-24(30-15-13-17-7-9-18(26)10-8-17)19-5-3-14-27-21(19)11-12-22(28)29/h2-12,14,24H,13,15H2,1H3,(H,28,29). The Morgan fingerprint density at radius 2 is 2.00 bits per heavy atom. The van der Waals surface area contributed by atoms with E-state index in [-0.39, 0.29) is 5.82 Å². The summed E-state index contributed by atoms with van der Waals surface area (Å²) in [6, 6.07) is 15.6. The monoisotopic (exact) mass is 457 g/mol. The van der Waals surface area contributed by atoms with Crippen molar-refractivity contribution in [2.75, 3.05) is 6.61 Å². The number of carbonyl (C=O) groups is 1. The number of hydrogen-bond donors (Lipinski definition) is 1. The third kappa shape index (κ3) is 6.66. The number of aromatic nitrogens is 1. The van der Waals surface area contributed by atoms with Crippen LogP contribution in [-0.2, 0) is 16.0 Å². The van der Waals surface area contributed by atoms with Gasteiger partial charge in [-0.05, 0) is 54.8 Å². The van der Waals surface area contributed by atoms with Crippen LogP contribution in [0.1, 0.15) is 27.8 Å². The molecule has 1 unspecified atom stereocenters. The maximum Gasteiger partial charge on any atom is 0.328 e. The van der Waals surface area contributed by atoms with Gasteiger partial charge in [0.1, 0.15) is 11.3 Å². The molecule has 0 aliphatic rings. The molecule has 3 rings (SSSR count). The smallest absolute Gasteiger partial charge is 0.328 e. The van der Waals surface area contributed by atoms with Crippen LogP contribution in [0.5, 0.6) is 0 Å². The largest absolute Gasteiger partial charge is 0.478 e. The Morgan fingerprint density at radius 1 is 1.23 bits per heavy atom. The van der Waals surface area contributed by atoms with Gasteiger partial charge in [-0.15, -0.1) is 0 Å². The number of rotatable bonds is 9. The summed E-state index contributed by atoms with van der Waals surface area (Å²) in [5, 5.41) is 9.62. The minimum absolute atomic E-state index is 0.280. The third-order valence-corrected chi connectivity index (χ3v) is 6.28. The lowest BCUT2D eigenvalue weighted by Gasteiger charge is -2.21. The van der Waals surface area contributed by atoms with E-state index in [0.29, 0.717) is 23.7 Å². The molecule has 1 N–H and O–H groups in total. The number of hydrogen-bond acceptors (Lipinski definition) is 4. The van der Waals surface area contributed by atoms with Crippen LogP contribution >= 0.6 is 23.4 Å². The van der Waals surface area contributed by atoms with Crippen LogP contribution in [0, 0.1) is 12.7 Å². The second-order valence-corrected chi connectivity index (χ2v) is 8.21. The number of halogens is 2. The van der Waals surface area contributed by atoms with Gasteiger partial charge in [0.05, 0.1) is 17.3 Å². The quantitative estimate of drug-likeness (QED) is 0.231. The molecule has 0 saturated heterocycles. The number of ether oxygens (including phenoxy) is 1. The molecule has 31 heavy (non-hydrogen) atoms. The molecule has 1 aromatic heterocycles. The van der Waals surface area contributed by atoms with Crippen LogP contribution < -0.4 is 0 Å². The Bertz CT molecular complexity index is 1050. The first-order valence-electron chi connectivity index (χ1n) is 9.58. The van der Waals surface area contributed by atoms with Crippen molar-refractivity contribution in [2.24, 2.45) is 0 Å². The number of benzene rings is 2. The zero-order valence-electron chi connectivity index (χ0n) is 16.8. The fraction of sp³-hybridized carbons (Fsp3) is 0.167. The summed E-state index contributed by atoms with van der Waals surface area (Å²) >= 11 is 7.87. The highest BCUT2D eigenvalue weighted by Crippen LogP contribution is 2.42. The van der Waals surface area contributed by atoms with Gasteiger partial charge in [-0.1, -0.05) is 53.7 Å². The first-order chi connectivity index (χ1) is 14.9. The van der Waals surface area contributed by atoms with Crippen molar-refractivity contribution in [3.8, 4) is 0 Å². The molecule has 0 aliphatic heterocycles. The predicted octanol–water partition coefficient (Wildman–Crippen LogP) is 6.33. The molecule has 0 aliphatic carbocycles. The van der Waals surface area contributed by atoms with Gasteiger partial charge in [0, 0.05) is 22.7 Å². The topological polar surface area (TPSA) is 59.4 Å². The van der Waals surface area contributed by atoms with Crippen LogP contribution in [0.2, 0.25) is 5.02 Å². The first-order valence-corrected chi connectivity index (χ1v) is 10.8. The second kappa shape index (κ2) is 11.1. The van der Waals surface area contributed by atoms with Gasteiger partial charge < -0.3 is 9.84 Å². The first kappa shape index (κ1) is 23.0. The van der Waals surface area contributed by atoms with Crippen LogP contribution in [0.25, 0.3) is 6.08 Å². The van der Waals surface area contributed by atoms with E-state index >= 15 is 0 Å². The van der Waals surface area contributed by atoms with E-state index in [4.69, 9.17) is 21.4 Å². The molecule has 1 atom stereocenters. The highest BCUT2D eigenvalue weighted by atomic mass is 35.5.